The van der Waals surface area contributed by atoms with Gasteiger partial charge in [-0.05, 0) is 31.1 Å². The number of halogens is 1. The second kappa shape index (κ2) is 5.39. The van der Waals surface area contributed by atoms with E-state index >= 15 is 0 Å². The first kappa shape index (κ1) is 10.8. The van der Waals surface area contributed by atoms with Gasteiger partial charge in [0.2, 0.25) is 0 Å². The van der Waals surface area contributed by atoms with E-state index in [-0.39, 0.29) is 0 Å². The van der Waals surface area contributed by atoms with Gasteiger partial charge in [0.15, 0.2) is 0 Å². The van der Waals surface area contributed by atoms with Crippen molar-refractivity contribution in [3.05, 3.63) is 0 Å². The summed E-state index contributed by atoms with van der Waals surface area (Å²) >= 11 is 6.47. The molecule has 1 heteroatoms. The Balaban J connectivity index is 1.81. The number of hydrogen-bond donors (Lipinski definition) is 0. The van der Waals surface area contributed by atoms with Crippen LogP contribution in [0.3, 0.4) is 0 Å². The summed E-state index contributed by atoms with van der Waals surface area (Å²) in [5.74, 6) is 1.88. The second-order valence-corrected chi connectivity index (χ2v) is 5.86. The standard InChI is InChI=1S/C13H23Cl/c14-13-9-3-1-2-8-12(13)10-11-6-4-5-7-11/h11-13H,1-10H2. The smallest absolute Gasteiger partial charge is 0.0364 e. The number of alkyl halides is 1. The van der Waals surface area contributed by atoms with Crippen molar-refractivity contribution in [1.82, 2.24) is 0 Å². The normalized spacial score (nSPS) is 35.8. The van der Waals surface area contributed by atoms with Gasteiger partial charge in [-0.2, -0.15) is 0 Å². The molecule has 0 aromatic heterocycles. The zero-order valence-corrected chi connectivity index (χ0v) is 9.94. The van der Waals surface area contributed by atoms with Crippen molar-refractivity contribution in [3.8, 4) is 0 Å². The topological polar surface area (TPSA) is 0 Å². The summed E-state index contributed by atoms with van der Waals surface area (Å²) in [6.07, 6.45) is 14.3. The summed E-state index contributed by atoms with van der Waals surface area (Å²) < 4.78 is 0. The van der Waals surface area contributed by atoms with E-state index in [4.69, 9.17) is 11.6 Å². The minimum Gasteiger partial charge on any atom is -0.123 e. The van der Waals surface area contributed by atoms with Gasteiger partial charge in [-0.15, -0.1) is 11.6 Å². The summed E-state index contributed by atoms with van der Waals surface area (Å²) in [7, 11) is 0. The maximum atomic E-state index is 6.47. The predicted octanol–water partition coefficient (Wildman–Crippen LogP) is 4.75. The fourth-order valence-electron chi connectivity index (χ4n) is 3.28. The Morgan fingerprint density at radius 2 is 1.43 bits per heavy atom. The summed E-state index contributed by atoms with van der Waals surface area (Å²) in [6.45, 7) is 0. The number of rotatable bonds is 2. The summed E-state index contributed by atoms with van der Waals surface area (Å²) in [5.41, 5.74) is 0. The monoisotopic (exact) mass is 214 g/mol. The minimum absolute atomic E-state index is 0.498. The molecule has 2 aliphatic carbocycles. The molecule has 82 valence electrons. The molecule has 0 aromatic carbocycles. The molecule has 14 heavy (non-hydrogen) atoms. The lowest BCUT2D eigenvalue weighted by molar-refractivity contribution is 0.347. The highest BCUT2D eigenvalue weighted by molar-refractivity contribution is 6.20. The van der Waals surface area contributed by atoms with Crippen molar-refractivity contribution in [2.45, 2.75) is 69.6 Å². The largest absolute Gasteiger partial charge is 0.123 e. The molecular weight excluding hydrogens is 192 g/mol. The number of hydrogen-bond acceptors (Lipinski definition) is 0. The summed E-state index contributed by atoms with van der Waals surface area (Å²) in [5, 5.41) is 0.498. The van der Waals surface area contributed by atoms with Gasteiger partial charge in [-0.25, -0.2) is 0 Å². The van der Waals surface area contributed by atoms with Gasteiger partial charge in [0, 0.05) is 5.38 Å². The van der Waals surface area contributed by atoms with E-state index in [2.05, 4.69) is 0 Å². The highest BCUT2D eigenvalue weighted by atomic mass is 35.5. The van der Waals surface area contributed by atoms with Crippen molar-refractivity contribution in [2.24, 2.45) is 11.8 Å². The molecule has 0 nitrogen and oxygen atoms in total. The molecule has 0 bridgehead atoms. The van der Waals surface area contributed by atoms with Gasteiger partial charge in [-0.1, -0.05) is 44.9 Å². The Bertz CT molecular complexity index is 161. The summed E-state index contributed by atoms with van der Waals surface area (Å²) in [4.78, 5) is 0. The van der Waals surface area contributed by atoms with E-state index in [1.54, 1.807) is 0 Å². The molecule has 2 saturated carbocycles. The van der Waals surface area contributed by atoms with Gasteiger partial charge >= 0.3 is 0 Å². The lowest BCUT2D eigenvalue weighted by Gasteiger charge is -2.22. The van der Waals surface area contributed by atoms with Crippen LogP contribution < -0.4 is 0 Å². The zero-order chi connectivity index (χ0) is 9.80. The van der Waals surface area contributed by atoms with E-state index in [1.165, 1.54) is 64.2 Å². The molecule has 0 radical (unpaired) electrons. The molecule has 0 heterocycles. The molecule has 2 atom stereocenters. The first-order valence-corrected chi connectivity index (χ1v) is 6.94. The van der Waals surface area contributed by atoms with Crippen LogP contribution in [0.25, 0.3) is 0 Å². The van der Waals surface area contributed by atoms with Crippen molar-refractivity contribution >= 4 is 11.6 Å². The second-order valence-electron chi connectivity index (χ2n) is 5.30. The van der Waals surface area contributed by atoms with Crippen LogP contribution in [0.5, 0.6) is 0 Å². The van der Waals surface area contributed by atoms with Gasteiger partial charge in [0.1, 0.15) is 0 Å². The molecule has 0 spiro atoms. The molecule has 0 aromatic rings. The van der Waals surface area contributed by atoms with E-state index in [0.29, 0.717) is 5.38 Å². The first-order chi connectivity index (χ1) is 6.86. The molecule has 2 unspecified atom stereocenters. The summed E-state index contributed by atoms with van der Waals surface area (Å²) in [6, 6.07) is 0. The third-order valence-electron chi connectivity index (χ3n) is 4.18. The van der Waals surface area contributed by atoms with Crippen LogP contribution in [0.1, 0.15) is 64.2 Å². The Kier molecular flexibility index (Phi) is 4.16. The van der Waals surface area contributed by atoms with Crippen LogP contribution in [-0.4, -0.2) is 5.38 Å². The fourth-order valence-corrected chi connectivity index (χ4v) is 3.66. The van der Waals surface area contributed by atoms with Gasteiger partial charge in [-0.3, -0.25) is 0 Å². The van der Waals surface area contributed by atoms with Gasteiger partial charge < -0.3 is 0 Å². The van der Waals surface area contributed by atoms with Crippen LogP contribution >= 0.6 is 11.6 Å². The van der Waals surface area contributed by atoms with Gasteiger partial charge in [0.05, 0.1) is 0 Å². The molecule has 0 N–H and O–H groups in total. The molecule has 2 fully saturated rings. The van der Waals surface area contributed by atoms with Crippen molar-refractivity contribution in [3.63, 3.8) is 0 Å². The lowest BCUT2D eigenvalue weighted by atomic mass is 9.88. The van der Waals surface area contributed by atoms with Crippen LogP contribution in [0.15, 0.2) is 0 Å². The van der Waals surface area contributed by atoms with E-state index < -0.39 is 0 Å². The highest BCUT2D eigenvalue weighted by Gasteiger charge is 2.26. The van der Waals surface area contributed by atoms with Crippen LogP contribution in [-0.2, 0) is 0 Å². The van der Waals surface area contributed by atoms with Crippen LogP contribution in [0.2, 0.25) is 0 Å². The molecule has 2 rings (SSSR count). The molecule has 0 amide bonds. The average Bonchev–Trinajstić information content (AvgIpc) is 2.60. The molecular formula is C13H23Cl. The Labute approximate surface area is 93.4 Å². The van der Waals surface area contributed by atoms with Gasteiger partial charge in [0.25, 0.3) is 0 Å². The molecule has 0 aliphatic heterocycles. The Morgan fingerprint density at radius 1 is 0.786 bits per heavy atom. The third kappa shape index (κ3) is 2.89. The quantitative estimate of drug-likeness (QED) is 0.460. The van der Waals surface area contributed by atoms with Crippen molar-refractivity contribution in [2.75, 3.05) is 0 Å². The molecule has 0 saturated heterocycles. The maximum absolute atomic E-state index is 6.47. The van der Waals surface area contributed by atoms with E-state index in [1.807, 2.05) is 0 Å². The maximum Gasteiger partial charge on any atom is 0.0364 e. The third-order valence-corrected chi connectivity index (χ3v) is 4.75. The molecule has 2 aliphatic rings. The lowest BCUT2D eigenvalue weighted by Crippen LogP contribution is -2.16. The SMILES string of the molecule is ClC1CCCCCC1CC1CCCC1. The minimum atomic E-state index is 0.498. The van der Waals surface area contributed by atoms with Crippen molar-refractivity contribution < 1.29 is 0 Å². The first-order valence-electron chi connectivity index (χ1n) is 6.50. The average molecular weight is 215 g/mol. The predicted molar refractivity (Wildman–Crippen MR) is 62.8 cm³/mol. The highest BCUT2D eigenvalue weighted by Crippen LogP contribution is 2.37. The fraction of sp³-hybridized carbons (Fsp3) is 1.00. The Hall–Kier alpha value is 0.290. The van der Waals surface area contributed by atoms with Crippen LogP contribution in [0, 0.1) is 11.8 Å². The van der Waals surface area contributed by atoms with E-state index in [9.17, 15) is 0 Å². The zero-order valence-electron chi connectivity index (χ0n) is 9.18. The van der Waals surface area contributed by atoms with Crippen molar-refractivity contribution in [1.29, 1.82) is 0 Å². The van der Waals surface area contributed by atoms with Crippen LogP contribution in [0.4, 0.5) is 0 Å². The van der Waals surface area contributed by atoms with E-state index in [0.717, 1.165) is 11.8 Å². The Morgan fingerprint density at radius 3 is 2.21 bits per heavy atom.